The molecule has 0 N–H and O–H groups in total. The van der Waals surface area contributed by atoms with Crippen molar-refractivity contribution in [3.8, 4) is 0 Å². The molecule has 0 aromatic carbocycles. The minimum absolute atomic E-state index is 0.0530. The van der Waals surface area contributed by atoms with Crippen LogP contribution >= 0.6 is 11.5 Å². The number of aryl methyl sites for hydroxylation is 2. The van der Waals surface area contributed by atoms with Gasteiger partial charge in [-0.15, -0.1) is 5.10 Å². The van der Waals surface area contributed by atoms with Gasteiger partial charge < -0.3 is 0 Å². The first kappa shape index (κ1) is 11.9. The van der Waals surface area contributed by atoms with E-state index in [-0.39, 0.29) is 5.78 Å². The van der Waals surface area contributed by atoms with Crippen LogP contribution < -0.4 is 0 Å². The summed E-state index contributed by atoms with van der Waals surface area (Å²) in [5.41, 5.74) is 1.99. The molecular weight excluding hydrogens is 236 g/mol. The first-order valence-corrected chi connectivity index (χ1v) is 6.38. The van der Waals surface area contributed by atoms with E-state index in [1.54, 1.807) is 0 Å². The van der Waals surface area contributed by atoms with Gasteiger partial charge in [0.15, 0.2) is 5.78 Å². The molecule has 6 heteroatoms. The molecule has 0 aliphatic heterocycles. The quantitative estimate of drug-likeness (QED) is 0.758. The maximum atomic E-state index is 11.9. The van der Waals surface area contributed by atoms with Gasteiger partial charge in [-0.05, 0) is 30.9 Å². The number of nitrogens with zero attached hydrogens (tertiary/aromatic N) is 4. The standard InChI is InChI=1S/C11H14N4OS/c1-3-8-5-9(15(4-2)13-8)6-10(16)11-7-12-14-17-11/h5,7H,3-4,6H2,1-2H3. The first-order chi connectivity index (χ1) is 8.24. The molecule has 0 unspecified atom stereocenters. The average Bonchev–Trinajstić information content (AvgIpc) is 2.97. The molecule has 0 atom stereocenters. The van der Waals surface area contributed by atoms with Crippen LogP contribution in [0.3, 0.4) is 0 Å². The smallest absolute Gasteiger partial charge is 0.181 e. The molecule has 0 radical (unpaired) electrons. The van der Waals surface area contributed by atoms with Gasteiger partial charge in [-0.25, -0.2) is 0 Å². The van der Waals surface area contributed by atoms with Gasteiger partial charge in [-0.3, -0.25) is 9.48 Å². The predicted octanol–water partition coefficient (Wildman–Crippen LogP) is 1.74. The lowest BCUT2D eigenvalue weighted by atomic mass is 10.2. The van der Waals surface area contributed by atoms with Gasteiger partial charge in [0.25, 0.3) is 0 Å². The highest BCUT2D eigenvalue weighted by molar-refractivity contribution is 7.07. The summed E-state index contributed by atoms with van der Waals surface area (Å²) in [5, 5.41) is 8.09. The second-order valence-corrected chi connectivity index (χ2v) is 4.46. The second kappa shape index (κ2) is 5.18. The van der Waals surface area contributed by atoms with Crippen molar-refractivity contribution in [3.05, 3.63) is 28.5 Å². The molecule has 2 aromatic rings. The van der Waals surface area contributed by atoms with Crippen LogP contribution in [0.15, 0.2) is 12.3 Å². The predicted molar refractivity (Wildman–Crippen MR) is 65.2 cm³/mol. The first-order valence-electron chi connectivity index (χ1n) is 5.60. The van der Waals surface area contributed by atoms with Crippen molar-refractivity contribution in [2.45, 2.75) is 33.2 Å². The Hall–Kier alpha value is -1.56. The highest BCUT2D eigenvalue weighted by Crippen LogP contribution is 2.11. The number of rotatable bonds is 5. The molecule has 2 aromatic heterocycles. The third kappa shape index (κ3) is 2.58. The topological polar surface area (TPSA) is 60.7 Å². The minimum atomic E-state index is 0.0530. The van der Waals surface area contributed by atoms with Crippen LogP contribution in [0.2, 0.25) is 0 Å². The van der Waals surface area contributed by atoms with Gasteiger partial charge in [0, 0.05) is 12.2 Å². The van der Waals surface area contributed by atoms with Crippen LogP contribution in [-0.2, 0) is 19.4 Å². The van der Waals surface area contributed by atoms with Crippen LogP contribution in [0, 0.1) is 0 Å². The minimum Gasteiger partial charge on any atom is -0.293 e. The molecule has 90 valence electrons. The normalized spacial score (nSPS) is 10.7. The number of carbonyl (C=O) groups is 1. The molecular formula is C11H14N4OS. The van der Waals surface area contributed by atoms with E-state index in [1.165, 1.54) is 6.20 Å². The summed E-state index contributed by atoms with van der Waals surface area (Å²) in [7, 11) is 0. The highest BCUT2D eigenvalue weighted by atomic mass is 32.1. The number of hydrogen-bond donors (Lipinski definition) is 0. The van der Waals surface area contributed by atoms with Crippen molar-refractivity contribution in [2.24, 2.45) is 0 Å². The van der Waals surface area contributed by atoms with E-state index < -0.39 is 0 Å². The summed E-state index contributed by atoms with van der Waals surface area (Å²) in [6, 6.07) is 2.00. The summed E-state index contributed by atoms with van der Waals surface area (Å²) in [4.78, 5) is 12.5. The second-order valence-electron chi connectivity index (χ2n) is 3.68. The van der Waals surface area contributed by atoms with E-state index in [4.69, 9.17) is 0 Å². The van der Waals surface area contributed by atoms with Gasteiger partial charge in [-0.1, -0.05) is 11.4 Å². The van der Waals surface area contributed by atoms with Crippen molar-refractivity contribution in [1.82, 2.24) is 19.4 Å². The van der Waals surface area contributed by atoms with E-state index in [1.807, 2.05) is 17.7 Å². The molecule has 0 fully saturated rings. The van der Waals surface area contributed by atoms with Crippen molar-refractivity contribution in [1.29, 1.82) is 0 Å². The Balaban J connectivity index is 2.18. The molecule has 0 spiro atoms. The Kier molecular flexibility index (Phi) is 3.63. The van der Waals surface area contributed by atoms with Crippen molar-refractivity contribution in [2.75, 3.05) is 0 Å². The zero-order valence-electron chi connectivity index (χ0n) is 9.88. The maximum Gasteiger partial charge on any atom is 0.181 e. The Morgan fingerprint density at radius 3 is 2.88 bits per heavy atom. The van der Waals surface area contributed by atoms with Crippen LogP contribution in [0.25, 0.3) is 0 Å². The highest BCUT2D eigenvalue weighted by Gasteiger charge is 2.13. The third-order valence-electron chi connectivity index (χ3n) is 2.55. The Morgan fingerprint density at radius 2 is 2.29 bits per heavy atom. The van der Waals surface area contributed by atoms with Gasteiger partial charge in [0.1, 0.15) is 4.88 Å². The fourth-order valence-electron chi connectivity index (χ4n) is 1.65. The van der Waals surface area contributed by atoms with E-state index in [0.29, 0.717) is 11.3 Å². The van der Waals surface area contributed by atoms with E-state index >= 15 is 0 Å². The lowest BCUT2D eigenvalue weighted by molar-refractivity contribution is 0.0994. The molecule has 0 saturated heterocycles. The fraction of sp³-hybridized carbons (Fsp3) is 0.455. The summed E-state index contributed by atoms with van der Waals surface area (Å²) < 4.78 is 5.58. The molecule has 2 rings (SSSR count). The van der Waals surface area contributed by atoms with E-state index in [2.05, 4.69) is 21.6 Å². The van der Waals surface area contributed by atoms with Gasteiger partial charge in [0.05, 0.1) is 18.3 Å². The van der Waals surface area contributed by atoms with Crippen LogP contribution in [0.4, 0.5) is 0 Å². The van der Waals surface area contributed by atoms with Gasteiger partial charge in [0.2, 0.25) is 0 Å². The summed E-state index contributed by atoms with van der Waals surface area (Å²) in [5.74, 6) is 0.0530. The lowest BCUT2D eigenvalue weighted by Gasteiger charge is -2.01. The van der Waals surface area contributed by atoms with Crippen LogP contribution in [0.5, 0.6) is 0 Å². The Labute approximate surface area is 104 Å². The largest absolute Gasteiger partial charge is 0.293 e. The van der Waals surface area contributed by atoms with E-state index in [9.17, 15) is 4.79 Å². The maximum absolute atomic E-state index is 11.9. The summed E-state index contributed by atoms with van der Waals surface area (Å²) >= 11 is 1.14. The number of carbonyl (C=O) groups excluding carboxylic acids is 1. The zero-order valence-corrected chi connectivity index (χ0v) is 10.7. The number of ketones is 1. The molecule has 5 nitrogen and oxygen atoms in total. The summed E-state index contributed by atoms with van der Waals surface area (Å²) in [6.07, 6.45) is 2.77. The van der Waals surface area contributed by atoms with Crippen molar-refractivity contribution in [3.63, 3.8) is 0 Å². The fourth-order valence-corrected chi connectivity index (χ4v) is 2.10. The van der Waals surface area contributed by atoms with Crippen molar-refractivity contribution < 1.29 is 4.79 Å². The SMILES string of the molecule is CCc1cc(CC(=O)c2cnns2)n(CC)n1. The number of hydrogen-bond acceptors (Lipinski definition) is 5. The van der Waals surface area contributed by atoms with Crippen LogP contribution in [-0.4, -0.2) is 25.2 Å². The molecule has 0 aliphatic rings. The molecule has 0 saturated carbocycles. The zero-order chi connectivity index (χ0) is 12.3. The third-order valence-corrected chi connectivity index (χ3v) is 3.26. The molecule has 0 bridgehead atoms. The number of Topliss-reactive ketones (excluding diaryl/α,β-unsaturated/α-hetero) is 1. The average molecular weight is 250 g/mol. The van der Waals surface area contributed by atoms with E-state index in [0.717, 1.165) is 35.9 Å². The van der Waals surface area contributed by atoms with Gasteiger partial charge >= 0.3 is 0 Å². The Morgan fingerprint density at radius 1 is 1.47 bits per heavy atom. The molecule has 2 heterocycles. The summed E-state index contributed by atoms with van der Waals surface area (Å²) in [6.45, 7) is 4.86. The van der Waals surface area contributed by atoms with Crippen molar-refractivity contribution >= 4 is 17.3 Å². The van der Waals surface area contributed by atoms with Crippen LogP contribution in [0.1, 0.15) is 34.9 Å². The molecule has 17 heavy (non-hydrogen) atoms. The monoisotopic (exact) mass is 250 g/mol. The Bertz CT molecular complexity index is 504. The lowest BCUT2D eigenvalue weighted by Crippen LogP contribution is -2.08. The number of aromatic nitrogens is 4. The van der Waals surface area contributed by atoms with Gasteiger partial charge in [-0.2, -0.15) is 5.10 Å². The molecule has 0 aliphatic carbocycles. The molecule has 0 amide bonds.